The van der Waals surface area contributed by atoms with Crippen molar-refractivity contribution in [3.8, 4) is 5.75 Å². The van der Waals surface area contributed by atoms with E-state index in [1.165, 1.54) is 64.2 Å². The monoisotopic (exact) mass is 408 g/mol. The smallest absolute Gasteiger partial charge is 0.183 e. The van der Waals surface area contributed by atoms with E-state index in [0.717, 1.165) is 42.1 Å². The highest BCUT2D eigenvalue weighted by molar-refractivity contribution is 6.31. The van der Waals surface area contributed by atoms with E-state index in [-0.39, 0.29) is 10.8 Å². The van der Waals surface area contributed by atoms with E-state index in [9.17, 15) is 4.39 Å². The zero-order valence-electron chi connectivity index (χ0n) is 17.8. The van der Waals surface area contributed by atoms with Crippen LogP contribution in [0.1, 0.15) is 90.0 Å². The van der Waals surface area contributed by atoms with Crippen molar-refractivity contribution < 1.29 is 9.13 Å². The van der Waals surface area contributed by atoms with Gasteiger partial charge in [0.15, 0.2) is 11.6 Å². The molecule has 1 nitrogen and oxygen atoms in total. The number of halogens is 2. The molecule has 0 bridgehead atoms. The Kier molecular flexibility index (Phi) is 8.51. The summed E-state index contributed by atoms with van der Waals surface area (Å²) in [6, 6.07) is 3.67. The molecule has 0 aliphatic heterocycles. The maximum atomic E-state index is 14.3. The van der Waals surface area contributed by atoms with Crippen molar-refractivity contribution in [1.82, 2.24) is 0 Å². The molecule has 2 aliphatic carbocycles. The highest BCUT2D eigenvalue weighted by Crippen LogP contribution is 2.43. The molecule has 3 rings (SSSR count). The van der Waals surface area contributed by atoms with Crippen LogP contribution >= 0.6 is 11.6 Å². The van der Waals surface area contributed by atoms with Crippen molar-refractivity contribution in [2.24, 2.45) is 23.7 Å². The first-order valence-corrected chi connectivity index (χ1v) is 12.1. The van der Waals surface area contributed by atoms with Crippen LogP contribution in [0, 0.1) is 29.5 Å². The van der Waals surface area contributed by atoms with E-state index < -0.39 is 5.82 Å². The van der Waals surface area contributed by atoms with Gasteiger partial charge in [0.25, 0.3) is 0 Å². The van der Waals surface area contributed by atoms with E-state index in [2.05, 4.69) is 6.92 Å². The Labute approximate surface area is 176 Å². The molecule has 0 spiro atoms. The first-order chi connectivity index (χ1) is 13.6. The summed E-state index contributed by atoms with van der Waals surface area (Å²) in [4.78, 5) is 0. The van der Waals surface area contributed by atoms with Crippen molar-refractivity contribution in [1.29, 1.82) is 0 Å². The topological polar surface area (TPSA) is 9.23 Å². The first kappa shape index (κ1) is 21.9. The molecule has 0 heterocycles. The summed E-state index contributed by atoms with van der Waals surface area (Å²) in [6.45, 7) is 4.63. The molecule has 2 aliphatic rings. The highest BCUT2D eigenvalue weighted by Gasteiger charge is 2.30. The molecular weight excluding hydrogens is 371 g/mol. The average Bonchev–Trinajstić information content (AvgIpc) is 2.72. The molecule has 0 aromatic heterocycles. The Hall–Kier alpha value is -0.760. The largest absolute Gasteiger partial charge is 0.491 e. The van der Waals surface area contributed by atoms with Crippen LogP contribution in [-0.2, 0) is 6.42 Å². The lowest BCUT2D eigenvalue weighted by molar-refractivity contribution is 0.141. The second-order valence-corrected chi connectivity index (χ2v) is 9.55. The van der Waals surface area contributed by atoms with Crippen molar-refractivity contribution in [2.45, 2.75) is 90.9 Å². The average molecular weight is 409 g/mol. The summed E-state index contributed by atoms with van der Waals surface area (Å²) < 4.78 is 19.6. The molecule has 28 heavy (non-hydrogen) atoms. The van der Waals surface area contributed by atoms with E-state index in [4.69, 9.17) is 16.3 Å². The van der Waals surface area contributed by atoms with Crippen molar-refractivity contribution in [3.05, 3.63) is 28.5 Å². The van der Waals surface area contributed by atoms with Gasteiger partial charge in [0.1, 0.15) is 0 Å². The van der Waals surface area contributed by atoms with Crippen LogP contribution in [0.4, 0.5) is 4.39 Å². The molecule has 1 aromatic carbocycles. The summed E-state index contributed by atoms with van der Waals surface area (Å²) >= 11 is 6.26. The molecule has 0 amide bonds. The van der Waals surface area contributed by atoms with Gasteiger partial charge in [-0.1, -0.05) is 63.1 Å². The van der Waals surface area contributed by atoms with E-state index >= 15 is 0 Å². The molecule has 0 saturated heterocycles. The van der Waals surface area contributed by atoms with Crippen molar-refractivity contribution in [3.63, 3.8) is 0 Å². The van der Waals surface area contributed by atoms with E-state index in [0.29, 0.717) is 6.61 Å². The van der Waals surface area contributed by atoms with Crippen LogP contribution in [0.25, 0.3) is 0 Å². The Morgan fingerprint density at radius 3 is 2.00 bits per heavy atom. The van der Waals surface area contributed by atoms with Crippen molar-refractivity contribution in [2.75, 3.05) is 6.61 Å². The van der Waals surface area contributed by atoms with Crippen LogP contribution in [0.2, 0.25) is 5.02 Å². The van der Waals surface area contributed by atoms with Gasteiger partial charge in [0.2, 0.25) is 0 Å². The van der Waals surface area contributed by atoms with Gasteiger partial charge in [-0.25, -0.2) is 4.39 Å². The summed E-state index contributed by atoms with van der Waals surface area (Å²) in [5, 5.41) is 0.253. The number of rotatable bonds is 8. The van der Waals surface area contributed by atoms with Crippen LogP contribution in [0.15, 0.2) is 12.1 Å². The SMILES string of the molecule is CCCC1CCC(C2CCC(CCc3ccc(OCC)c(F)c3Cl)CC2)CC1. The fourth-order valence-electron chi connectivity index (χ4n) is 5.70. The lowest BCUT2D eigenvalue weighted by Crippen LogP contribution is -2.26. The third-order valence-corrected chi connectivity index (χ3v) is 7.80. The normalized spacial score (nSPS) is 28.3. The van der Waals surface area contributed by atoms with Gasteiger partial charge >= 0.3 is 0 Å². The minimum Gasteiger partial charge on any atom is -0.491 e. The van der Waals surface area contributed by atoms with E-state index in [1.807, 2.05) is 13.0 Å². The molecule has 0 N–H and O–H groups in total. The number of hydrogen-bond donors (Lipinski definition) is 0. The summed E-state index contributed by atoms with van der Waals surface area (Å²) in [6.07, 6.45) is 16.2. The minimum atomic E-state index is -0.400. The number of benzene rings is 1. The Morgan fingerprint density at radius 2 is 1.46 bits per heavy atom. The molecule has 0 atom stereocenters. The molecule has 3 heteroatoms. The molecule has 1 aromatic rings. The maximum Gasteiger partial charge on any atom is 0.183 e. The number of aryl methyl sites for hydroxylation is 1. The first-order valence-electron chi connectivity index (χ1n) is 11.7. The number of ether oxygens (including phenoxy) is 1. The van der Waals surface area contributed by atoms with Gasteiger partial charge < -0.3 is 4.74 Å². The third kappa shape index (κ3) is 5.65. The lowest BCUT2D eigenvalue weighted by Gasteiger charge is -2.38. The predicted octanol–water partition coefficient (Wildman–Crippen LogP) is 8.22. The van der Waals surface area contributed by atoms with Gasteiger partial charge in [0.05, 0.1) is 11.6 Å². The quantitative estimate of drug-likeness (QED) is 0.420. The van der Waals surface area contributed by atoms with Crippen LogP contribution < -0.4 is 4.74 Å². The summed E-state index contributed by atoms with van der Waals surface area (Å²) in [7, 11) is 0. The summed E-state index contributed by atoms with van der Waals surface area (Å²) in [5.74, 6) is 3.61. The predicted molar refractivity (Wildman–Crippen MR) is 117 cm³/mol. The molecule has 0 unspecified atom stereocenters. The zero-order valence-corrected chi connectivity index (χ0v) is 18.6. The van der Waals surface area contributed by atoms with E-state index in [1.54, 1.807) is 6.07 Å². The van der Waals surface area contributed by atoms with Gasteiger partial charge in [0, 0.05) is 0 Å². The van der Waals surface area contributed by atoms with Crippen LogP contribution in [-0.4, -0.2) is 6.61 Å². The Balaban J connectivity index is 1.42. The lowest BCUT2D eigenvalue weighted by atomic mass is 9.68. The second kappa shape index (κ2) is 10.9. The van der Waals surface area contributed by atoms with Crippen LogP contribution in [0.3, 0.4) is 0 Å². The summed E-state index contributed by atoms with van der Waals surface area (Å²) in [5.41, 5.74) is 0.930. The Bertz CT molecular complexity index is 601. The van der Waals surface area contributed by atoms with Crippen LogP contribution in [0.5, 0.6) is 5.75 Å². The number of hydrogen-bond acceptors (Lipinski definition) is 1. The van der Waals surface area contributed by atoms with Gasteiger partial charge in [-0.15, -0.1) is 0 Å². The van der Waals surface area contributed by atoms with Gasteiger partial charge in [-0.3, -0.25) is 0 Å². The van der Waals surface area contributed by atoms with Crippen molar-refractivity contribution >= 4 is 11.6 Å². The zero-order chi connectivity index (χ0) is 19.9. The Morgan fingerprint density at radius 1 is 0.893 bits per heavy atom. The molecular formula is C25H38ClFO. The van der Waals surface area contributed by atoms with Gasteiger partial charge in [-0.2, -0.15) is 0 Å². The molecule has 158 valence electrons. The third-order valence-electron chi connectivity index (χ3n) is 7.40. The standard InChI is InChI=1S/C25H38ClFO/c1-3-5-18-6-11-20(12-7-18)21-13-8-19(9-14-21)10-15-22-16-17-23(28-4-2)25(27)24(22)26/h16-21H,3-15H2,1-2H3. The fraction of sp³-hybridized carbons (Fsp3) is 0.760. The van der Waals surface area contributed by atoms with Gasteiger partial charge in [-0.05, 0) is 80.8 Å². The highest BCUT2D eigenvalue weighted by atomic mass is 35.5. The maximum absolute atomic E-state index is 14.3. The molecule has 0 radical (unpaired) electrons. The minimum absolute atomic E-state index is 0.253. The second-order valence-electron chi connectivity index (χ2n) is 9.17. The fourth-order valence-corrected chi connectivity index (χ4v) is 5.95. The molecule has 2 fully saturated rings. The molecule has 2 saturated carbocycles.